The van der Waals surface area contributed by atoms with Crippen molar-refractivity contribution in [1.29, 1.82) is 0 Å². The summed E-state index contributed by atoms with van der Waals surface area (Å²) in [5.41, 5.74) is 8.30. The van der Waals surface area contributed by atoms with Crippen molar-refractivity contribution in [2.45, 2.75) is 39.9 Å². The molecule has 5 heterocycles. The van der Waals surface area contributed by atoms with E-state index < -0.39 is 0 Å². The standard InChI is InChI=1S/C28H24N4O2/c1-28(2)11-14-5-3-7-16-19-21-20(26(33)30-27(21)34)18-17-8-4-6-15-12-29-9-10-31(23(15)17)24(18)25(19)32(13-28)22(14)16/h3-8,29H,9-13H2,1-2H3,(H,30,33,34). The molecule has 0 aliphatic carbocycles. The van der Waals surface area contributed by atoms with Gasteiger partial charge in [-0.25, -0.2) is 0 Å². The van der Waals surface area contributed by atoms with Crippen LogP contribution in [0.15, 0.2) is 36.4 Å². The Bertz CT molecular complexity index is 1800. The minimum Gasteiger partial charge on any atom is -0.338 e. The zero-order valence-electron chi connectivity index (χ0n) is 19.2. The number of rotatable bonds is 0. The molecule has 8 rings (SSSR count). The SMILES string of the molecule is CC1(C)Cc2cccc3c4c5c(c6c7cccc8c7n(c6c4n(c23)C1)CCNC8)C(=O)NC5=O. The molecule has 0 atom stereocenters. The first kappa shape index (κ1) is 18.7. The van der Waals surface area contributed by atoms with Crippen molar-refractivity contribution in [3.05, 3.63) is 58.7 Å². The van der Waals surface area contributed by atoms with E-state index in [0.717, 1.165) is 65.2 Å². The molecular weight excluding hydrogens is 424 g/mol. The summed E-state index contributed by atoms with van der Waals surface area (Å²) in [6, 6.07) is 12.8. The highest BCUT2D eigenvalue weighted by molar-refractivity contribution is 6.39. The maximum Gasteiger partial charge on any atom is 0.259 e. The smallest absolute Gasteiger partial charge is 0.259 e. The highest BCUT2D eigenvalue weighted by Crippen LogP contribution is 2.48. The topological polar surface area (TPSA) is 68.1 Å². The van der Waals surface area contributed by atoms with Gasteiger partial charge in [0.1, 0.15) is 0 Å². The molecule has 3 aliphatic rings. The molecule has 3 aromatic carbocycles. The highest BCUT2D eigenvalue weighted by atomic mass is 16.2. The van der Waals surface area contributed by atoms with Gasteiger partial charge in [-0.2, -0.15) is 0 Å². The van der Waals surface area contributed by atoms with E-state index in [1.165, 1.54) is 22.2 Å². The molecule has 3 aliphatic heterocycles. The molecule has 0 bridgehead atoms. The number of aromatic nitrogens is 2. The Balaban J connectivity index is 1.75. The summed E-state index contributed by atoms with van der Waals surface area (Å²) in [5, 5.41) is 10.2. The molecule has 6 nitrogen and oxygen atoms in total. The summed E-state index contributed by atoms with van der Waals surface area (Å²) in [6.07, 6.45) is 0.994. The van der Waals surface area contributed by atoms with Crippen molar-refractivity contribution < 1.29 is 9.59 Å². The van der Waals surface area contributed by atoms with Crippen molar-refractivity contribution in [2.75, 3.05) is 6.54 Å². The molecule has 0 radical (unpaired) electrons. The predicted molar refractivity (Wildman–Crippen MR) is 133 cm³/mol. The van der Waals surface area contributed by atoms with Crippen LogP contribution in [0, 0.1) is 5.41 Å². The van der Waals surface area contributed by atoms with Crippen LogP contribution in [0.1, 0.15) is 45.7 Å². The Morgan fingerprint density at radius 3 is 2.12 bits per heavy atom. The molecule has 5 aromatic rings. The van der Waals surface area contributed by atoms with E-state index >= 15 is 0 Å². The molecule has 0 spiro atoms. The van der Waals surface area contributed by atoms with E-state index in [-0.39, 0.29) is 17.2 Å². The molecule has 168 valence electrons. The van der Waals surface area contributed by atoms with Crippen LogP contribution in [-0.4, -0.2) is 27.5 Å². The van der Waals surface area contributed by atoms with Gasteiger partial charge in [-0.1, -0.05) is 50.2 Å². The normalized spacial score (nSPS) is 18.8. The summed E-state index contributed by atoms with van der Waals surface area (Å²) in [5.74, 6) is -0.556. The van der Waals surface area contributed by atoms with Crippen molar-refractivity contribution in [2.24, 2.45) is 5.41 Å². The number of para-hydroxylation sites is 2. The van der Waals surface area contributed by atoms with Gasteiger partial charge in [0.05, 0.1) is 33.2 Å². The third kappa shape index (κ3) is 2.07. The lowest BCUT2D eigenvalue weighted by molar-refractivity contribution is 0.0880. The van der Waals surface area contributed by atoms with Crippen molar-refractivity contribution in [3.63, 3.8) is 0 Å². The van der Waals surface area contributed by atoms with Crippen LogP contribution in [0.3, 0.4) is 0 Å². The minimum atomic E-state index is -0.279. The number of fused-ring (bicyclic) bond motifs is 10. The molecule has 34 heavy (non-hydrogen) atoms. The van der Waals surface area contributed by atoms with E-state index in [9.17, 15) is 9.59 Å². The second kappa shape index (κ2) is 5.88. The first-order valence-electron chi connectivity index (χ1n) is 12.0. The zero-order chi connectivity index (χ0) is 22.9. The second-order valence-corrected chi connectivity index (χ2v) is 10.9. The van der Waals surface area contributed by atoms with Crippen molar-refractivity contribution in [3.8, 4) is 0 Å². The highest BCUT2D eigenvalue weighted by Gasteiger charge is 2.39. The molecule has 0 saturated carbocycles. The lowest BCUT2D eigenvalue weighted by atomic mass is 9.82. The average molecular weight is 449 g/mol. The molecule has 6 heteroatoms. The van der Waals surface area contributed by atoms with E-state index in [1.54, 1.807) is 0 Å². The van der Waals surface area contributed by atoms with Crippen LogP contribution in [0.5, 0.6) is 0 Å². The van der Waals surface area contributed by atoms with Crippen LogP contribution in [0.4, 0.5) is 0 Å². The maximum absolute atomic E-state index is 13.3. The molecule has 0 fully saturated rings. The number of imide groups is 1. The zero-order valence-corrected chi connectivity index (χ0v) is 19.2. The van der Waals surface area contributed by atoms with Gasteiger partial charge in [0.25, 0.3) is 11.8 Å². The number of amides is 2. The summed E-state index contributed by atoms with van der Waals surface area (Å²) in [6.45, 7) is 7.97. The molecule has 2 amide bonds. The van der Waals surface area contributed by atoms with Crippen LogP contribution in [0.2, 0.25) is 0 Å². The van der Waals surface area contributed by atoms with Gasteiger partial charge in [0.2, 0.25) is 0 Å². The number of nitrogens with zero attached hydrogens (tertiary/aromatic N) is 2. The maximum atomic E-state index is 13.3. The van der Waals surface area contributed by atoms with Crippen molar-refractivity contribution >= 4 is 55.4 Å². The minimum absolute atomic E-state index is 0.0914. The van der Waals surface area contributed by atoms with E-state index in [2.05, 4.69) is 70.0 Å². The number of nitrogens with one attached hydrogen (secondary N) is 2. The quantitative estimate of drug-likeness (QED) is 0.344. The second-order valence-electron chi connectivity index (χ2n) is 10.9. The van der Waals surface area contributed by atoms with Crippen LogP contribution < -0.4 is 10.6 Å². The Labute approximate surface area is 195 Å². The Morgan fingerprint density at radius 2 is 1.41 bits per heavy atom. The third-order valence-corrected chi connectivity index (χ3v) is 8.07. The van der Waals surface area contributed by atoms with E-state index in [1.807, 2.05) is 0 Å². The lowest BCUT2D eigenvalue weighted by Gasteiger charge is -2.32. The number of hydrogen-bond donors (Lipinski definition) is 2. The Hall–Kier alpha value is -3.64. The van der Waals surface area contributed by atoms with Gasteiger partial charge < -0.3 is 14.5 Å². The Kier molecular flexibility index (Phi) is 3.24. The van der Waals surface area contributed by atoms with Gasteiger partial charge in [0.15, 0.2) is 0 Å². The molecule has 2 aromatic heterocycles. The fourth-order valence-electron chi connectivity index (χ4n) is 6.98. The number of hydrogen-bond acceptors (Lipinski definition) is 3. The van der Waals surface area contributed by atoms with Gasteiger partial charge in [-0.15, -0.1) is 0 Å². The Morgan fingerprint density at radius 1 is 0.794 bits per heavy atom. The van der Waals surface area contributed by atoms with Crippen LogP contribution >= 0.6 is 0 Å². The largest absolute Gasteiger partial charge is 0.338 e. The molecule has 0 saturated heterocycles. The summed E-state index contributed by atoms with van der Waals surface area (Å²) < 4.78 is 4.85. The monoisotopic (exact) mass is 448 g/mol. The van der Waals surface area contributed by atoms with Crippen LogP contribution in [-0.2, 0) is 26.1 Å². The van der Waals surface area contributed by atoms with Crippen molar-refractivity contribution in [1.82, 2.24) is 19.8 Å². The van der Waals surface area contributed by atoms with Gasteiger partial charge in [-0.3, -0.25) is 14.9 Å². The van der Waals surface area contributed by atoms with Crippen LogP contribution in [0.25, 0.3) is 43.6 Å². The van der Waals surface area contributed by atoms with E-state index in [0.29, 0.717) is 11.1 Å². The molecular formula is C28H24N4O2. The predicted octanol–water partition coefficient (Wildman–Crippen LogP) is 4.47. The molecule has 0 unspecified atom stereocenters. The summed E-state index contributed by atoms with van der Waals surface area (Å²) in [7, 11) is 0. The first-order chi connectivity index (χ1) is 16.4. The first-order valence-corrected chi connectivity index (χ1v) is 12.0. The fraction of sp³-hybridized carbons (Fsp3) is 0.286. The lowest BCUT2D eigenvalue weighted by Crippen LogP contribution is -2.27. The summed E-state index contributed by atoms with van der Waals surface area (Å²) in [4.78, 5) is 26.6. The molecule has 2 N–H and O–H groups in total. The summed E-state index contributed by atoms with van der Waals surface area (Å²) >= 11 is 0. The van der Waals surface area contributed by atoms with Gasteiger partial charge in [-0.05, 0) is 23.0 Å². The third-order valence-electron chi connectivity index (χ3n) is 8.07. The van der Waals surface area contributed by atoms with Gasteiger partial charge >= 0.3 is 0 Å². The number of carbonyl (C=O) groups excluding carboxylic acids is 2. The number of carbonyl (C=O) groups is 2. The number of benzene rings is 3. The van der Waals surface area contributed by atoms with Gasteiger partial charge in [0, 0.05) is 47.7 Å². The fourth-order valence-corrected chi connectivity index (χ4v) is 6.98. The van der Waals surface area contributed by atoms with E-state index in [4.69, 9.17) is 0 Å². The average Bonchev–Trinajstić information content (AvgIpc) is 3.32.